The van der Waals surface area contributed by atoms with Gasteiger partial charge in [-0.25, -0.2) is 0 Å². The molecule has 1 aromatic rings. The Labute approximate surface area is 129 Å². The van der Waals surface area contributed by atoms with Gasteiger partial charge in [0.05, 0.1) is 0 Å². The monoisotopic (exact) mass is 286 g/mol. The second-order valence-electron chi connectivity index (χ2n) is 7.41. The Morgan fingerprint density at radius 2 is 1.95 bits per heavy atom. The lowest BCUT2D eigenvalue weighted by Gasteiger charge is -2.41. The Kier molecular flexibility index (Phi) is 4.54. The second-order valence-corrected chi connectivity index (χ2v) is 7.41. The quantitative estimate of drug-likeness (QED) is 0.845. The van der Waals surface area contributed by atoms with Gasteiger partial charge in [0.15, 0.2) is 0 Å². The summed E-state index contributed by atoms with van der Waals surface area (Å²) in [5.74, 6) is 0. The summed E-state index contributed by atoms with van der Waals surface area (Å²) in [5, 5.41) is 3.81. The van der Waals surface area contributed by atoms with E-state index in [1.54, 1.807) is 0 Å². The number of hydrogen-bond acceptors (Lipinski definition) is 2. The highest BCUT2D eigenvalue weighted by Gasteiger charge is 2.35. The van der Waals surface area contributed by atoms with Gasteiger partial charge in [0, 0.05) is 37.3 Å². The lowest BCUT2D eigenvalue weighted by molar-refractivity contribution is 0.188. The molecule has 2 aliphatic rings. The van der Waals surface area contributed by atoms with E-state index in [2.05, 4.69) is 48.5 Å². The van der Waals surface area contributed by atoms with Crippen molar-refractivity contribution in [2.75, 3.05) is 25.0 Å². The maximum atomic E-state index is 3.81. The first-order valence-electron chi connectivity index (χ1n) is 8.68. The van der Waals surface area contributed by atoms with Crippen LogP contribution < -0.4 is 10.2 Å². The molecule has 0 heterocycles. The first-order valence-corrected chi connectivity index (χ1v) is 8.68. The van der Waals surface area contributed by atoms with Crippen LogP contribution in [0.3, 0.4) is 0 Å². The van der Waals surface area contributed by atoms with Gasteiger partial charge >= 0.3 is 0 Å². The molecule has 0 aromatic heterocycles. The highest BCUT2D eigenvalue weighted by Crippen LogP contribution is 2.38. The number of nitrogens with one attached hydrogen (secondary N) is 1. The van der Waals surface area contributed by atoms with Gasteiger partial charge in [-0.1, -0.05) is 31.4 Å². The van der Waals surface area contributed by atoms with E-state index in [1.807, 2.05) is 0 Å². The molecule has 0 amide bonds. The lowest BCUT2D eigenvalue weighted by Crippen LogP contribution is -2.45. The predicted octanol–water partition coefficient (Wildman–Crippen LogP) is 4.13. The molecule has 0 bridgehead atoms. The molecular formula is C19H30N2. The fraction of sp³-hybridized carbons (Fsp3) is 0.684. The minimum Gasteiger partial charge on any atom is -0.374 e. The van der Waals surface area contributed by atoms with E-state index in [0.29, 0.717) is 5.41 Å². The van der Waals surface area contributed by atoms with Crippen molar-refractivity contribution in [2.45, 2.75) is 57.9 Å². The fourth-order valence-corrected chi connectivity index (χ4v) is 3.80. The van der Waals surface area contributed by atoms with Crippen LogP contribution in [0.15, 0.2) is 24.3 Å². The van der Waals surface area contributed by atoms with E-state index in [1.165, 1.54) is 69.3 Å². The molecule has 0 radical (unpaired) electrons. The van der Waals surface area contributed by atoms with Gasteiger partial charge in [-0.15, -0.1) is 0 Å². The number of anilines is 1. The summed E-state index contributed by atoms with van der Waals surface area (Å²) in [7, 11) is 2.27. The molecule has 1 aromatic carbocycles. The van der Waals surface area contributed by atoms with Gasteiger partial charge in [0.2, 0.25) is 0 Å². The zero-order valence-corrected chi connectivity index (χ0v) is 13.7. The molecule has 2 heteroatoms. The Morgan fingerprint density at radius 3 is 2.62 bits per heavy atom. The lowest BCUT2D eigenvalue weighted by atomic mass is 9.73. The summed E-state index contributed by atoms with van der Waals surface area (Å²) in [5.41, 5.74) is 3.21. The largest absolute Gasteiger partial charge is 0.374 e. The Balaban J connectivity index is 1.67. The van der Waals surface area contributed by atoms with Crippen molar-refractivity contribution in [1.29, 1.82) is 0 Å². The topological polar surface area (TPSA) is 15.3 Å². The summed E-state index contributed by atoms with van der Waals surface area (Å²) in [6.45, 7) is 4.59. The Morgan fingerprint density at radius 1 is 1.19 bits per heavy atom. The molecule has 2 aliphatic carbocycles. The standard InChI is InChI=1S/C19H30N2/c1-16-7-6-8-18(13-16)21(2)15-19(11-4-3-5-12-19)14-20-17-9-10-17/h6-8,13,17,20H,3-5,9-12,14-15H2,1-2H3. The summed E-state index contributed by atoms with van der Waals surface area (Å²) >= 11 is 0. The van der Waals surface area contributed by atoms with E-state index >= 15 is 0 Å². The normalized spacial score (nSPS) is 21.2. The van der Waals surface area contributed by atoms with Gasteiger partial charge in [-0.05, 0) is 50.3 Å². The van der Waals surface area contributed by atoms with Crippen molar-refractivity contribution in [3.8, 4) is 0 Å². The SMILES string of the molecule is Cc1cccc(N(C)CC2(CNC3CC3)CCCCC2)c1. The molecular weight excluding hydrogens is 256 g/mol. The number of hydrogen-bond donors (Lipinski definition) is 1. The molecule has 2 nitrogen and oxygen atoms in total. The maximum absolute atomic E-state index is 3.81. The molecule has 2 saturated carbocycles. The zero-order valence-electron chi connectivity index (χ0n) is 13.7. The third-order valence-corrected chi connectivity index (χ3v) is 5.27. The van der Waals surface area contributed by atoms with Crippen LogP contribution in [0.4, 0.5) is 5.69 Å². The minimum atomic E-state index is 0.485. The summed E-state index contributed by atoms with van der Waals surface area (Å²) in [6, 6.07) is 9.75. The van der Waals surface area contributed by atoms with Crippen LogP contribution in [0.1, 0.15) is 50.5 Å². The van der Waals surface area contributed by atoms with Crippen LogP contribution in [0.2, 0.25) is 0 Å². The average Bonchev–Trinajstić information content (AvgIpc) is 3.30. The molecule has 0 atom stereocenters. The molecule has 1 N–H and O–H groups in total. The van der Waals surface area contributed by atoms with Crippen LogP contribution in [-0.4, -0.2) is 26.2 Å². The van der Waals surface area contributed by atoms with Crippen molar-refractivity contribution in [1.82, 2.24) is 5.32 Å². The summed E-state index contributed by atoms with van der Waals surface area (Å²) in [6.07, 6.45) is 9.82. The number of benzene rings is 1. The Bertz CT molecular complexity index is 458. The average molecular weight is 286 g/mol. The van der Waals surface area contributed by atoms with E-state index < -0.39 is 0 Å². The first-order chi connectivity index (χ1) is 10.2. The van der Waals surface area contributed by atoms with Crippen molar-refractivity contribution in [3.63, 3.8) is 0 Å². The van der Waals surface area contributed by atoms with E-state index in [9.17, 15) is 0 Å². The van der Waals surface area contributed by atoms with Gasteiger partial charge in [-0.2, -0.15) is 0 Å². The van der Waals surface area contributed by atoms with Crippen LogP contribution in [0.5, 0.6) is 0 Å². The van der Waals surface area contributed by atoms with E-state index in [-0.39, 0.29) is 0 Å². The summed E-state index contributed by atoms with van der Waals surface area (Å²) in [4.78, 5) is 2.48. The second kappa shape index (κ2) is 6.39. The highest BCUT2D eigenvalue weighted by molar-refractivity contribution is 5.47. The first kappa shape index (κ1) is 14.9. The van der Waals surface area contributed by atoms with E-state index in [0.717, 1.165) is 6.04 Å². The molecule has 21 heavy (non-hydrogen) atoms. The van der Waals surface area contributed by atoms with Gasteiger partial charge < -0.3 is 10.2 Å². The van der Waals surface area contributed by atoms with Gasteiger partial charge in [0.1, 0.15) is 0 Å². The van der Waals surface area contributed by atoms with E-state index in [4.69, 9.17) is 0 Å². The third kappa shape index (κ3) is 4.00. The summed E-state index contributed by atoms with van der Waals surface area (Å²) < 4.78 is 0. The third-order valence-electron chi connectivity index (χ3n) is 5.27. The van der Waals surface area contributed by atoms with Crippen molar-refractivity contribution < 1.29 is 0 Å². The molecule has 2 fully saturated rings. The van der Waals surface area contributed by atoms with Gasteiger partial charge in [-0.3, -0.25) is 0 Å². The Hall–Kier alpha value is -1.02. The predicted molar refractivity (Wildman–Crippen MR) is 91.0 cm³/mol. The highest BCUT2D eigenvalue weighted by atomic mass is 15.1. The smallest absolute Gasteiger partial charge is 0.0366 e. The van der Waals surface area contributed by atoms with Crippen LogP contribution in [0.25, 0.3) is 0 Å². The van der Waals surface area contributed by atoms with Crippen molar-refractivity contribution in [3.05, 3.63) is 29.8 Å². The number of aryl methyl sites for hydroxylation is 1. The number of rotatable bonds is 6. The van der Waals surface area contributed by atoms with Crippen LogP contribution >= 0.6 is 0 Å². The molecule has 0 spiro atoms. The molecule has 116 valence electrons. The van der Waals surface area contributed by atoms with Crippen molar-refractivity contribution >= 4 is 5.69 Å². The van der Waals surface area contributed by atoms with Crippen molar-refractivity contribution in [2.24, 2.45) is 5.41 Å². The maximum Gasteiger partial charge on any atom is 0.0366 e. The number of nitrogens with zero attached hydrogens (tertiary/aromatic N) is 1. The molecule has 0 unspecified atom stereocenters. The van der Waals surface area contributed by atoms with Gasteiger partial charge in [0.25, 0.3) is 0 Å². The zero-order chi connectivity index (χ0) is 14.7. The van der Waals surface area contributed by atoms with Crippen LogP contribution in [-0.2, 0) is 0 Å². The minimum absolute atomic E-state index is 0.485. The molecule has 0 saturated heterocycles. The fourth-order valence-electron chi connectivity index (χ4n) is 3.80. The molecule has 0 aliphatic heterocycles. The molecule has 3 rings (SSSR count). The van der Waals surface area contributed by atoms with Crippen LogP contribution in [0, 0.1) is 12.3 Å².